The van der Waals surface area contributed by atoms with Crippen LogP contribution in [0.25, 0.3) is 10.2 Å². The molecule has 7 heteroatoms. The average molecular weight is 365 g/mol. The van der Waals surface area contributed by atoms with E-state index in [0.717, 1.165) is 28.6 Å². The second kappa shape index (κ2) is 8.58. The smallest absolute Gasteiger partial charge is 0.261 e. The van der Waals surface area contributed by atoms with Crippen LogP contribution in [0.1, 0.15) is 54.7 Å². The third kappa shape index (κ3) is 4.67. The molecule has 0 aliphatic rings. The number of ether oxygens (including phenoxy) is 2. The van der Waals surface area contributed by atoms with Gasteiger partial charge in [-0.25, -0.2) is 4.98 Å². The Morgan fingerprint density at radius 1 is 1.20 bits per heavy atom. The van der Waals surface area contributed by atoms with Crippen LogP contribution in [0, 0.1) is 12.8 Å². The molecule has 0 bridgehead atoms. The maximum absolute atomic E-state index is 12.7. The van der Waals surface area contributed by atoms with Crippen molar-refractivity contribution in [3.8, 4) is 5.88 Å². The molecule has 1 unspecified atom stereocenters. The number of aromatic nitrogens is 2. The summed E-state index contributed by atoms with van der Waals surface area (Å²) in [6.45, 7) is 8.63. The summed E-state index contributed by atoms with van der Waals surface area (Å²) in [5.41, 5.74) is 0.856. The molecule has 0 aliphatic heterocycles. The Kier molecular flexibility index (Phi) is 6.72. The highest BCUT2D eigenvalue weighted by Gasteiger charge is 2.22. The summed E-state index contributed by atoms with van der Waals surface area (Å²) in [5, 5.41) is 3.89. The molecule has 0 saturated carbocycles. The predicted octanol–water partition coefficient (Wildman–Crippen LogP) is 3.71. The maximum atomic E-state index is 12.7. The molecule has 0 aromatic carbocycles. The average Bonchev–Trinajstić information content (AvgIpc) is 2.89. The molecular formula is C18H27N3O3S. The lowest BCUT2D eigenvalue weighted by atomic mass is 10.0. The van der Waals surface area contributed by atoms with Gasteiger partial charge in [0.05, 0.1) is 17.4 Å². The molecule has 2 rings (SSSR count). The zero-order valence-corrected chi connectivity index (χ0v) is 16.6. The summed E-state index contributed by atoms with van der Waals surface area (Å²) in [6, 6.07) is 0.136. The zero-order chi connectivity index (χ0) is 18.6. The standard InChI is InChI=1S/C18H27N3O3S/c1-10(2)7-8-11(3)19-16(22)15-12(4)14-17(24-6)20-13(9-23-5)21-18(14)25-15/h10-11H,7-9H2,1-6H3,(H,19,22). The van der Waals surface area contributed by atoms with Crippen molar-refractivity contribution in [3.05, 3.63) is 16.3 Å². The molecule has 2 aromatic rings. The largest absolute Gasteiger partial charge is 0.480 e. The quantitative estimate of drug-likeness (QED) is 0.772. The summed E-state index contributed by atoms with van der Waals surface area (Å²) in [7, 11) is 3.17. The van der Waals surface area contributed by atoms with E-state index < -0.39 is 0 Å². The normalized spacial score (nSPS) is 12.6. The first-order valence-corrected chi connectivity index (χ1v) is 9.32. The molecule has 2 aromatic heterocycles. The number of methoxy groups -OCH3 is 2. The monoisotopic (exact) mass is 365 g/mol. The molecular weight excluding hydrogens is 338 g/mol. The first-order chi connectivity index (χ1) is 11.9. The van der Waals surface area contributed by atoms with E-state index in [9.17, 15) is 4.79 Å². The van der Waals surface area contributed by atoms with Crippen molar-refractivity contribution in [2.75, 3.05) is 14.2 Å². The molecule has 0 aliphatic carbocycles. The predicted molar refractivity (Wildman–Crippen MR) is 100 cm³/mol. The van der Waals surface area contributed by atoms with Crippen LogP contribution in [0.2, 0.25) is 0 Å². The number of hydrogen-bond donors (Lipinski definition) is 1. The van der Waals surface area contributed by atoms with Gasteiger partial charge in [-0.15, -0.1) is 11.3 Å². The van der Waals surface area contributed by atoms with Crippen LogP contribution in [0.4, 0.5) is 0 Å². The van der Waals surface area contributed by atoms with E-state index in [-0.39, 0.29) is 11.9 Å². The van der Waals surface area contributed by atoms with Crippen molar-refractivity contribution in [2.45, 2.75) is 53.2 Å². The van der Waals surface area contributed by atoms with Gasteiger partial charge in [0.25, 0.3) is 5.91 Å². The number of amides is 1. The topological polar surface area (TPSA) is 73.3 Å². The number of carbonyl (C=O) groups excluding carboxylic acids is 1. The number of carbonyl (C=O) groups is 1. The highest BCUT2D eigenvalue weighted by Crippen LogP contribution is 2.35. The minimum atomic E-state index is -0.0629. The van der Waals surface area contributed by atoms with Gasteiger partial charge in [0.15, 0.2) is 5.82 Å². The molecule has 0 saturated heterocycles. The van der Waals surface area contributed by atoms with E-state index in [1.807, 2.05) is 13.8 Å². The third-order valence-electron chi connectivity index (χ3n) is 4.03. The number of nitrogens with one attached hydrogen (secondary N) is 1. The van der Waals surface area contributed by atoms with Gasteiger partial charge < -0.3 is 14.8 Å². The van der Waals surface area contributed by atoms with Crippen molar-refractivity contribution in [2.24, 2.45) is 5.92 Å². The summed E-state index contributed by atoms with van der Waals surface area (Å²) >= 11 is 1.37. The SMILES string of the molecule is COCc1nc(OC)c2c(C)c(C(=O)NC(C)CCC(C)C)sc2n1. The summed E-state index contributed by atoms with van der Waals surface area (Å²) in [4.78, 5) is 23.0. The summed E-state index contributed by atoms with van der Waals surface area (Å²) in [6.07, 6.45) is 2.06. The van der Waals surface area contributed by atoms with Crippen LogP contribution >= 0.6 is 11.3 Å². The number of thiophene rings is 1. The van der Waals surface area contributed by atoms with Gasteiger partial charge in [-0.3, -0.25) is 4.79 Å². The van der Waals surface area contributed by atoms with E-state index in [4.69, 9.17) is 9.47 Å². The Bertz CT molecular complexity index is 743. The fourth-order valence-corrected chi connectivity index (χ4v) is 3.74. The van der Waals surface area contributed by atoms with Crippen molar-refractivity contribution in [1.82, 2.24) is 15.3 Å². The van der Waals surface area contributed by atoms with Gasteiger partial charge in [-0.1, -0.05) is 13.8 Å². The van der Waals surface area contributed by atoms with Gasteiger partial charge in [0.2, 0.25) is 5.88 Å². The Morgan fingerprint density at radius 2 is 1.92 bits per heavy atom. The number of nitrogens with zero attached hydrogens (tertiary/aromatic N) is 2. The van der Waals surface area contributed by atoms with Crippen molar-refractivity contribution in [3.63, 3.8) is 0 Å². The lowest BCUT2D eigenvalue weighted by Crippen LogP contribution is -2.32. The van der Waals surface area contributed by atoms with Gasteiger partial charge in [0.1, 0.15) is 11.4 Å². The van der Waals surface area contributed by atoms with E-state index in [1.54, 1.807) is 14.2 Å². The molecule has 2 heterocycles. The lowest BCUT2D eigenvalue weighted by molar-refractivity contribution is 0.0941. The number of aryl methyl sites for hydroxylation is 1. The molecule has 1 amide bonds. The van der Waals surface area contributed by atoms with Crippen molar-refractivity contribution >= 4 is 27.5 Å². The first kappa shape index (κ1) is 19.6. The molecule has 138 valence electrons. The number of hydrogen-bond acceptors (Lipinski definition) is 6. The molecule has 0 fully saturated rings. The third-order valence-corrected chi connectivity index (χ3v) is 5.22. The molecule has 25 heavy (non-hydrogen) atoms. The van der Waals surface area contributed by atoms with Crippen LogP contribution in [0.15, 0.2) is 0 Å². The second-order valence-electron chi connectivity index (χ2n) is 6.66. The summed E-state index contributed by atoms with van der Waals surface area (Å²) < 4.78 is 10.5. The molecule has 0 spiro atoms. The Labute approximate surface area is 153 Å². The van der Waals surface area contributed by atoms with Crippen LogP contribution in [-0.2, 0) is 11.3 Å². The minimum Gasteiger partial charge on any atom is -0.480 e. The van der Waals surface area contributed by atoms with Crippen LogP contribution in [0.3, 0.4) is 0 Å². The highest BCUT2D eigenvalue weighted by atomic mass is 32.1. The van der Waals surface area contributed by atoms with Gasteiger partial charge in [0, 0.05) is 13.2 Å². The molecule has 6 nitrogen and oxygen atoms in total. The second-order valence-corrected chi connectivity index (χ2v) is 7.66. The van der Waals surface area contributed by atoms with Gasteiger partial charge in [-0.05, 0) is 38.2 Å². The fourth-order valence-electron chi connectivity index (χ4n) is 2.65. The Hall–Kier alpha value is -1.73. The van der Waals surface area contributed by atoms with Crippen LogP contribution in [-0.4, -0.2) is 36.1 Å². The highest BCUT2D eigenvalue weighted by molar-refractivity contribution is 7.20. The number of rotatable bonds is 8. The Balaban J connectivity index is 2.29. The first-order valence-electron chi connectivity index (χ1n) is 8.51. The Morgan fingerprint density at radius 3 is 2.52 bits per heavy atom. The van der Waals surface area contributed by atoms with E-state index in [2.05, 4.69) is 29.1 Å². The van der Waals surface area contributed by atoms with Crippen LogP contribution in [0.5, 0.6) is 5.88 Å². The molecule has 0 radical (unpaired) electrons. The van der Waals surface area contributed by atoms with Gasteiger partial charge >= 0.3 is 0 Å². The van der Waals surface area contributed by atoms with E-state index >= 15 is 0 Å². The zero-order valence-electron chi connectivity index (χ0n) is 15.8. The van der Waals surface area contributed by atoms with E-state index in [1.165, 1.54) is 11.3 Å². The summed E-state index contributed by atoms with van der Waals surface area (Å²) in [5.74, 6) is 1.60. The maximum Gasteiger partial charge on any atom is 0.261 e. The minimum absolute atomic E-state index is 0.0629. The molecule has 1 atom stereocenters. The van der Waals surface area contributed by atoms with Crippen LogP contribution < -0.4 is 10.1 Å². The van der Waals surface area contributed by atoms with Crippen molar-refractivity contribution < 1.29 is 14.3 Å². The molecule has 1 N–H and O–H groups in total. The van der Waals surface area contributed by atoms with E-state index in [0.29, 0.717) is 29.1 Å². The van der Waals surface area contributed by atoms with Crippen molar-refractivity contribution in [1.29, 1.82) is 0 Å². The number of fused-ring (bicyclic) bond motifs is 1. The fraction of sp³-hybridized carbons (Fsp3) is 0.611. The van der Waals surface area contributed by atoms with Gasteiger partial charge in [-0.2, -0.15) is 4.98 Å². The lowest BCUT2D eigenvalue weighted by Gasteiger charge is -2.14.